The van der Waals surface area contributed by atoms with Crippen LogP contribution in [0.4, 0.5) is 0 Å². The van der Waals surface area contributed by atoms with Crippen molar-refractivity contribution in [2.24, 2.45) is 0 Å². The van der Waals surface area contributed by atoms with Crippen LogP contribution in [0.5, 0.6) is 0 Å². The summed E-state index contributed by atoms with van der Waals surface area (Å²) in [4.78, 5) is 12.0. The molecule has 0 fully saturated rings. The van der Waals surface area contributed by atoms with Gasteiger partial charge in [-0.3, -0.25) is 4.79 Å². The summed E-state index contributed by atoms with van der Waals surface area (Å²) in [6.07, 6.45) is 0. The molecule has 0 aliphatic rings. The maximum Gasteiger partial charge on any atom is 0.322 e. The molecule has 0 amide bonds. The normalized spacial score (nSPS) is 15.0. The highest BCUT2D eigenvalue weighted by atomic mass is 32.1. The van der Waals surface area contributed by atoms with Crippen LogP contribution in [0, 0.1) is 0 Å². The highest BCUT2D eigenvalue weighted by Gasteiger charge is 2.27. The molecule has 1 aromatic heterocycles. The maximum absolute atomic E-state index is 10.9. The number of rotatable bonds is 5. The average molecular weight is 214 g/mol. The van der Waals surface area contributed by atoms with E-state index in [0.717, 1.165) is 4.88 Å². The summed E-state index contributed by atoms with van der Waals surface area (Å²) < 4.78 is 0. The molecule has 0 radical (unpaired) electrons. The quantitative estimate of drug-likeness (QED) is 0.674. The SMILES string of the molecule is CNC(C(=O)O)C(NC)c1cccs1. The lowest BCUT2D eigenvalue weighted by Gasteiger charge is -2.21. The molecule has 1 heterocycles. The molecule has 2 atom stereocenters. The van der Waals surface area contributed by atoms with Crippen LogP contribution >= 0.6 is 11.3 Å². The fraction of sp³-hybridized carbons (Fsp3) is 0.444. The number of carbonyl (C=O) groups is 1. The zero-order valence-corrected chi connectivity index (χ0v) is 8.97. The van der Waals surface area contributed by atoms with Gasteiger partial charge in [-0.25, -0.2) is 0 Å². The lowest BCUT2D eigenvalue weighted by molar-refractivity contribution is -0.140. The summed E-state index contributed by atoms with van der Waals surface area (Å²) in [5.41, 5.74) is 0. The predicted molar refractivity (Wildman–Crippen MR) is 56.6 cm³/mol. The van der Waals surface area contributed by atoms with Gasteiger partial charge in [-0.1, -0.05) is 6.07 Å². The van der Waals surface area contributed by atoms with E-state index in [9.17, 15) is 4.79 Å². The van der Waals surface area contributed by atoms with E-state index in [1.165, 1.54) is 0 Å². The Morgan fingerprint density at radius 3 is 2.57 bits per heavy atom. The molecule has 0 aromatic carbocycles. The van der Waals surface area contributed by atoms with Gasteiger partial charge in [0.2, 0.25) is 0 Å². The van der Waals surface area contributed by atoms with Crippen molar-refractivity contribution in [2.75, 3.05) is 14.1 Å². The summed E-state index contributed by atoms with van der Waals surface area (Å²) in [5, 5.41) is 16.7. The molecule has 1 rings (SSSR count). The van der Waals surface area contributed by atoms with Gasteiger partial charge in [-0.2, -0.15) is 0 Å². The third kappa shape index (κ3) is 2.31. The Balaban J connectivity index is 2.85. The second-order valence-electron chi connectivity index (χ2n) is 2.89. The Labute approximate surface area is 87.0 Å². The Bertz CT molecular complexity index is 287. The van der Waals surface area contributed by atoms with Crippen LogP contribution < -0.4 is 10.6 Å². The lowest BCUT2D eigenvalue weighted by Crippen LogP contribution is -2.44. The summed E-state index contributed by atoms with van der Waals surface area (Å²) in [5.74, 6) is -0.847. The van der Waals surface area contributed by atoms with E-state index in [0.29, 0.717) is 0 Å². The van der Waals surface area contributed by atoms with Crippen LogP contribution in [0.2, 0.25) is 0 Å². The van der Waals surface area contributed by atoms with E-state index in [4.69, 9.17) is 5.11 Å². The van der Waals surface area contributed by atoms with Crippen molar-refractivity contribution in [3.05, 3.63) is 22.4 Å². The highest BCUT2D eigenvalue weighted by Crippen LogP contribution is 2.21. The molecule has 0 spiro atoms. The monoisotopic (exact) mass is 214 g/mol. The number of hydrogen-bond acceptors (Lipinski definition) is 4. The third-order valence-electron chi connectivity index (χ3n) is 2.07. The third-order valence-corrected chi connectivity index (χ3v) is 3.03. The Morgan fingerprint density at radius 2 is 2.21 bits per heavy atom. The largest absolute Gasteiger partial charge is 0.480 e. The van der Waals surface area contributed by atoms with Crippen molar-refractivity contribution in [3.63, 3.8) is 0 Å². The van der Waals surface area contributed by atoms with Crippen LogP contribution in [0.3, 0.4) is 0 Å². The molecule has 0 saturated carbocycles. The van der Waals surface area contributed by atoms with E-state index in [2.05, 4.69) is 10.6 Å². The van der Waals surface area contributed by atoms with Crippen LogP contribution in [0.1, 0.15) is 10.9 Å². The topological polar surface area (TPSA) is 61.4 Å². The van der Waals surface area contributed by atoms with E-state index in [1.54, 1.807) is 25.4 Å². The van der Waals surface area contributed by atoms with Crippen molar-refractivity contribution in [3.8, 4) is 0 Å². The summed E-state index contributed by atoms with van der Waals surface area (Å²) in [6, 6.07) is 3.06. The number of carboxylic acid groups (broad SMARTS) is 1. The number of likely N-dealkylation sites (N-methyl/N-ethyl adjacent to an activating group) is 2. The van der Waals surface area contributed by atoms with Gasteiger partial charge in [0.05, 0.1) is 6.04 Å². The molecule has 0 aliphatic heterocycles. The minimum Gasteiger partial charge on any atom is -0.480 e. The Morgan fingerprint density at radius 1 is 1.50 bits per heavy atom. The second-order valence-corrected chi connectivity index (χ2v) is 3.87. The first-order valence-corrected chi connectivity index (χ1v) is 5.19. The number of hydrogen-bond donors (Lipinski definition) is 3. The molecule has 5 heteroatoms. The molecule has 78 valence electrons. The molecule has 3 N–H and O–H groups in total. The van der Waals surface area contributed by atoms with Crippen LogP contribution in [-0.2, 0) is 4.79 Å². The van der Waals surface area contributed by atoms with Crippen molar-refractivity contribution < 1.29 is 9.90 Å². The first-order valence-electron chi connectivity index (χ1n) is 4.31. The smallest absolute Gasteiger partial charge is 0.322 e. The molecule has 1 aromatic rings. The van der Waals surface area contributed by atoms with Gasteiger partial charge < -0.3 is 15.7 Å². The molecule has 14 heavy (non-hydrogen) atoms. The zero-order chi connectivity index (χ0) is 10.6. The summed E-state index contributed by atoms with van der Waals surface area (Å²) >= 11 is 1.55. The minimum atomic E-state index is -0.847. The van der Waals surface area contributed by atoms with Crippen molar-refractivity contribution in [1.82, 2.24) is 10.6 Å². The van der Waals surface area contributed by atoms with Gasteiger partial charge in [-0.05, 0) is 25.5 Å². The van der Waals surface area contributed by atoms with E-state index in [-0.39, 0.29) is 6.04 Å². The number of carboxylic acids is 1. The zero-order valence-electron chi connectivity index (χ0n) is 8.15. The van der Waals surface area contributed by atoms with Gasteiger partial charge in [0, 0.05) is 4.88 Å². The molecular formula is C9H14N2O2S. The molecular weight excluding hydrogens is 200 g/mol. The van der Waals surface area contributed by atoms with E-state index >= 15 is 0 Å². The second kappa shape index (κ2) is 5.09. The minimum absolute atomic E-state index is 0.183. The Hall–Kier alpha value is -0.910. The first kappa shape index (κ1) is 11.2. The van der Waals surface area contributed by atoms with Gasteiger partial charge in [-0.15, -0.1) is 11.3 Å². The maximum atomic E-state index is 10.9. The van der Waals surface area contributed by atoms with Crippen molar-refractivity contribution in [2.45, 2.75) is 12.1 Å². The molecule has 4 nitrogen and oxygen atoms in total. The fourth-order valence-corrected chi connectivity index (χ4v) is 2.25. The van der Waals surface area contributed by atoms with Crippen molar-refractivity contribution >= 4 is 17.3 Å². The summed E-state index contributed by atoms with van der Waals surface area (Å²) in [7, 11) is 3.41. The predicted octanol–water partition coefficient (Wildman–Crippen LogP) is 0.681. The molecule has 0 saturated heterocycles. The number of nitrogens with one attached hydrogen (secondary N) is 2. The van der Waals surface area contributed by atoms with Crippen LogP contribution in [-0.4, -0.2) is 31.2 Å². The van der Waals surface area contributed by atoms with E-state index in [1.807, 2.05) is 17.5 Å². The Kier molecular flexibility index (Phi) is 4.06. The van der Waals surface area contributed by atoms with Gasteiger partial charge in [0.1, 0.15) is 6.04 Å². The van der Waals surface area contributed by atoms with E-state index < -0.39 is 12.0 Å². The molecule has 0 aliphatic carbocycles. The van der Waals surface area contributed by atoms with Crippen LogP contribution in [0.25, 0.3) is 0 Å². The number of aliphatic carboxylic acids is 1. The molecule has 0 bridgehead atoms. The first-order chi connectivity index (χ1) is 6.70. The fourth-order valence-electron chi connectivity index (χ4n) is 1.37. The van der Waals surface area contributed by atoms with Crippen LogP contribution in [0.15, 0.2) is 17.5 Å². The van der Waals surface area contributed by atoms with Gasteiger partial charge in [0.15, 0.2) is 0 Å². The lowest BCUT2D eigenvalue weighted by atomic mass is 10.1. The van der Waals surface area contributed by atoms with Crippen molar-refractivity contribution in [1.29, 1.82) is 0 Å². The van der Waals surface area contributed by atoms with Gasteiger partial charge in [0.25, 0.3) is 0 Å². The van der Waals surface area contributed by atoms with Gasteiger partial charge >= 0.3 is 5.97 Å². The summed E-state index contributed by atoms with van der Waals surface area (Å²) in [6.45, 7) is 0. The standard InChI is InChI=1S/C9H14N2O2S/c1-10-7(6-4-3-5-14-6)8(11-2)9(12)13/h3-5,7-8,10-11H,1-2H3,(H,12,13). The average Bonchev–Trinajstić information content (AvgIpc) is 2.65. The molecule has 2 unspecified atom stereocenters. The number of thiophene rings is 1. The highest BCUT2D eigenvalue weighted by molar-refractivity contribution is 7.10.